The Morgan fingerprint density at radius 3 is 2.73 bits per heavy atom. The fourth-order valence-electron chi connectivity index (χ4n) is 0.992. The maximum absolute atomic E-state index is 8.42. The van der Waals surface area contributed by atoms with Crippen LogP contribution in [0, 0.1) is 11.3 Å². The molecule has 0 aliphatic carbocycles. The Labute approximate surface area is 74.3 Å². The van der Waals surface area contributed by atoms with E-state index in [1.165, 1.54) is 0 Å². The first-order chi connectivity index (χ1) is 5.34. The minimum atomic E-state index is 0.486. The number of ether oxygens (including phenoxy) is 1. The van der Waals surface area contributed by atoms with Crippen molar-refractivity contribution in [3.8, 4) is 6.07 Å². The molecule has 0 bridgehead atoms. The summed E-state index contributed by atoms with van der Waals surface area (Å²) in [5, 5.41) is 8.42. The van der Waals surface area contributed by atoms with Crippen LogP contribution in [0.2, 0.25) is 0 Å². The summed E-state index contributed by atoms with van der Waals surface area (Å²) in [7, 11) is 0. The van der Waals surface area contributed by atoms with E-state index in [-0.39, 0.29) is 0 Å². The third-order valence-electron chi connectivity index (χ3n) is 1.59. The second-order valence-electron chi connectivity index (χ2n) is 2.33. The summed E-state index contributed by atoms with van der Waals surface area (Å²) < 4.78 is 6.21. The zero-order valence-corrected chi connectivity index (χ0v) is 7.96. The summed E-state index contributed by atoms with van der Waals surface area (Å²) in [4.78, 5) is 2.16. The third kappa shape index (κ3) is 2.63. The first-order valence-corrected chi connectivity index (χ1v) is 4.42. The van der Waals surface area contributed by atoms with E-state index >= 15 is 0 Å². The fraction of sp³-hybridized carbons (Fsp3) is 0.714. The zero-order chi connectivity index (χ0) is 8.10. The molecule has 1 aliphatic rings. The predicted octanol–water partition coefficient (Wildman–Crippen LogP) is -0.469. The van der Waals surface area contributed by atoms with E-state index in [1.807, 2.05) is 0 Å². The van der Waals surface area contributed by atoms with Crippen molar-refractivity contribution in [1.29, 1.82) is 5.26 Å². The Hall–Kier alpha value is -0.361. The molecule has 0 aromatic carbocycles. The molecule has 0 spiro atoms. The van der Waals surface area contributed by atoms with Gasteiger partial charge in [-0.2, -0.15) is 0 Å². The fourth-order valence-corrected chi connectivity index (χ4v) is 1.51. The van der Waals surface area contributed by atoms with Gasteiger partial charge in [-0.15, -0.1) is 0 Å². The van der Waals surface area contributed by atoms with Crippen LogP contribution in [0.1, 0.15) is 6.42 Å². The van der Waals surface area contributed by atoms with E-state index < -0.39 is 0 Å². The Morgan fingerprint density at radius 1 is 1.55 bits per heavy atom. The van der Waals surface area contributed by atoms with Gasteiger partial charge in [-0.05, 0) is 0 Å². The molecule has 0 aromatic rings. The van der Waals surface area contributed by atoms with Gasteiger partial charge in [0.15, 0.2) is 0 Å². The first-order valence-electron chi connectivity index (χ1n) is 3.57. The van der Waals surface area contributed by atoms with Gasteiger partial charge >= 0.3 is 73.8 Å². The molecule has 4 heteroatoms. The molecule has 0 aromatic heterocycles. The van der Waals surface area contributed by atoms with Crippen LogP contribution in [-0.4, -0.2) is 51.3 Å². The van der Waals surface area contributed by atoms with Crippen molar-refractivity contribution in [3.05, 3.63) is 0 Å². The summed E-state index contributed by atoms with van der Waals surface area (Å²) in [5.41, 5.74) is 0. The molecule has 1 aliphatic heterocycles. The molecule has 0 N–H and O–H groups in total. The second-order valence-corrected chi connectivity index (χ2v) is 3.32. The van der Waals surface area contributed by atoms with Crippen LogP contribution in [0.15, 0.2) is 0 Å². The predicted molar refractivity (Wildman–Crippen MR) is 43.4 cm³/mol. The molecule has 60 valence electrons. The Morgan fingerprint density at radius 2 is 2.18 bits per heavy atom. The molecule has 0 unspecified atom stereocenters. The summed E-state index contributed by atoms with van der Waals surface area (Å²) in [5.74, 6) is 0. The van der Waals surface area contributed by atoms with Gasteiger partial charge in [-0.3, -0.25) is 0 Å². The monoisotopic (exact) mass is 218 g/mol. The molecule has 11 heavy (non-hydrogen) atoms. The van der Waals surface area contributed by atoms with E-state index in [2.05, 4.69) is 26.5 Å². The molecule has 1 rings (SSSR count). The normalized spacial score (nSPS) is 17.5. The molecule has 0 radical (unpaired) electrons. The van der Waals surface area contributed by atoms with Crippen molar-refractivity contribution in [2.45, 2.75) is 6.42 Å². The summed E-state index contributed by atoms with van der Waals surface area (Å²) in [6, 6.07) is 2.11. The summed E-state index contributed by atoms with van der Waals surface area (Å²) in [6.07, 6.45) is 0.486. The minimum absolute atomic E-state index is 0.486. The Balaban J connectivity index is 2.34. The molecule has 1 heterocycles. The van der Waals surface area contributed by atoms with Gasteiger partial charge in [0, 0.05) is 0 Å². The number of nitriles is 1. The molecular weight excluding hydrogens is 207 g/mol. The molecule has 1 saturated heterocycles. The van der Waals surface area contributed by atoms with Crippen LogP contribution in [0.5, 0.6) is 0 Å². The van der Waals surface area contributed by atoms with Gasteiger partial charge in [0.2, 0.25) is 0 Å². The summed E-state index contributed by atoms with van der Waals surface area (Å²) >= 11 is 2.91. The number of rotatable bonds is 2. The maximum atomic E-state index is 8.42. The Bertz CT molecular complexity index is 181. The van der Waals surface area contributed by atoms with E-state index in [0.29, 0.717) is 6.42 Å². The quantitative estimate of drug-likeness (QED) is 0.587. The van der Waals surface area contributed by atoms with E-state index in [0.717, 1.165) is 30.8 Å². The van der Waals surface area contributed by atoms with Crippen molar-refractivity contribution < 1.29 is 4.74 Å². The summed E-state index contributed by atoms with van der Waals surface area (Å²) in [6.45, 7) is 3.36. The second kappa shape index (κ2) is 4.50. The van der Waals surface area contributed by atoms with Crippen molar-refractivity contribution in [2.24, 2.45) is 0 Å². The van der Waals surface area contributed by atoms with Gasteiger partial charge in [0.05, 0.1) is 0 Å². The van der Waals surface area contributed by atoms with Gasteiger partial charge < -0.3 is 0 Å². The first kappa shape index (κ1) is 8.73. The van der Waals surface area contributed by atoms with Gasteiger partial charge in [0.1, 0.15) is 0 Å². The third-order valence-corrected chi connectivity index (χ3v) is 2.44. The molecule has 3 nitrogen and oxygen atoms in total. The molecule has 0 saturated carbocycles. The Kier molecular flexibility index (Phi) is 3.58. The topological polar surface area (TPSA) is 36.3 Å². The van der Waals surface area contributed by atoms with Crippen molar-refractivity contribution in [1.82, 2.24) is 4.90 Å². The van der Waals surface area contributed by atoms with Crippen molar-refractivity contribution in [3.63, 3.8) is 0 Å². The van der Waals surface area contributed by atoms with Gasteiger partial charge in [0.25, 0.3) is 0 Å². The SMILES string of the molecule is N#CCC(=[Se])N1CCOCC1. The number of hydrogen-bond donors (Lipinski definition) is 0. The van der Waals surface area contributed by atoms with E-state index in [9.17, 15) is 0 Å². The van der Waals surface area contributed by atoms with Crippen molar-refractivity contribution >= 4 is 20.1 Å². The molecule has 1 fully saturated rings. The number of nitrogens with zero attached hydrogens (tertiary/aromatic N) is 2. The van der Waals surface area contributed by atoms with Crippen molar-refractivity contribution in [2.75, 3.05) is 26.3 Å². The van der Waals surface area contributed by atoms with Crippen LogP contribution >= 0.6 is 0 Å². The standard InChI is InChI=1S/C7H10N2OSe/c8-2-1-7(11)9-3-5-10-6-4-9/h1,3-6H2. The molecular formula is C7H10N2OSe. The van der Waals surface area contributed by atoms with Crippen LogP contribution in [0.3, 0.4) is 0 Å². The van der Waals surface area contributed by atoms with Crippen LogP contribution in [0.25, 0.3) is 0 Å². The van der Waals surface area contributed by atoms with Crippen LogP contribution in [0.4, 0.5) is 0 Å². The van der Waals surface area contributed by atoms with Gasteiger partial charge in [-0.25, -0.2) is 0 Å². The van der Waals surface area contributed by atoms with Crippen LogP contribution in [-0.2, 0) is 4.74 Å². The van der Waals surface area contributed by atoms with E-state index in [1.54, 1.807) is 0 Å². The van der Waals surface area contributed by atoms with Crippen LogP contribution < -0.4 is 0 Å². The number of morpholine rings is 1. The average Bonchev–Trinajstić information content (AvgIpc) is 2.07. The zero-order valence-electron chi connectivity index (χ0n) is 6.25. The number of hydrogen-bond acceptors (Lipinski definition) is 3. The molecule has 0 amide bonds. The molecule has 0 atom stereocenters. The van der Waals surface area contributed by atoms with Gasteiger partial charge in [-0.1, -0.05) is 0 Å². The average molecular weight is 217 g/mol. The van der Waals surface area contributed by atoms with E-state index in [4.69, 9.17) is 10.00 Å².